The molecule has 112 valence electrons. The fraction of sp³-hybridized carbons (Fsp3) is 0.562. The lowest BCUT2D eigenvalue weighted by Crippen LogP contribution is -2.48. The Kier molecular flexibility index (Phi) is 6.65. The molecule has 0 spiro atoms. The summed E-state index contributed by atoms with van der Waals surface area (Å²) in [6.45, 7) is 9.29. The number of nitrogens with zero attached hydrogens (tertiary/aromatic N) is 1. The summed E-state index contributed by atoms with van der Waals surface area (Å²) >= 11 is 0. The first-order valence-corrected chi connectivity index (χ1v) is 7.27. The van der Waals surface area contributed by atoms with Gasteiger partial charge < -0.3 is 10.2 Å². The van der Waals surface area contributed by atoms with Crippen LogP contribution in [0.25, 0.3) is 0 Å². The summed E-state index contributed by atoms with van der Waals surface area (Å²) in [5, 5.41) is 3.28. The molecule has 2 unspecified atom stereocenters. The van der Waals surface area contributed by atoms with Crippen LogP contribution in [0.15, 0.2) is 24.3 Å². The van der Waals surface area contributed by atoms with Crippen LogP contribution >= 0.6 is 0 Å². The van der Waals surface area contributed by atoms with Crippen LogP contribution in [0, 0.1) is 5.82 Å². The van der Waals surface area contributed by atoms with Crippen molar-refractivity contribution in [3.05, 3.63) is 35.6 Å². The molecule has 0 saturated carbocycles. The first-order chi connectivity index (χ1) is 9.47. The van der Waals surface area contributed by atoms with Gasteiger partial charge in [0.05, 0.1) is 6.04 Å². The van der Waals surface area contributed by atoms with E-state index in [0.717, 1.165) is 18.7 Å². The molecular weight excluding hydrogens is 255 g/mol. The largest absolute Gasteiger partial charge is 0.342 e. The molecule has 0 radical (unpaired) electrons. The van der Waals surface area contributed by atoms with E-state index in [9.17, 15) is 9.18 Å². The van der Waals surface area contributed by atoms with Crippen LogP contribution in [0.2, 0.25) is 0 Å². The fourth-order valence-corrected chi connectivity index (χ4v) is 2.38. The van der Waals surface area contributed by atoms with E-state index in [2.05, 4.69) is 5.32 Å². The van der Waals surface area contributed by atoms with Crippen molar-refractivity contribution in [1.29, 1.82) is 0 Å². The maximum absolute atomic E-state index is 13.1. The topological polar surface area (TPSA) is 32.3 Å². The zero-order chi connectivity index (χ0) is 15.1. The molecule has 0 aromatic heterocycles. The van der Waals surface area contributed by atoms with Crippen molar-refractivity contribution in [3.63, 3.8) is 0 Å². The Bertz CT molecular complexity index is 432. The van der Waals surface area contributed by atoms with Gasteiger partial charge in [0.25, 0.3) is 0 Å². The van der Waals surface area contributed by atoms with Gasteiger partial charge in [-0.2, -0.15) is 0 Å². The average Bonchev–Trinajstić information content (AvgIpc) is 2.39. The van der Waals surface area contributed by atoms with Crippen LogP contribution in [0.1, 0.15) is 33.3 Å². The van der Waals surface area contributed by atoms with Gasteiger partial charge in [-0.25, -0.2) is 4.39 Å². The molecule has 0 aliphatic rings. The summed E-state index contributed by atoms with van der Waals surface area (Å²) < 4.78 is 13.1. The maximum Gasteiger partial charge on any atom is 0.239 e. The summed E-state index contributed by atoms with van der Waals surface area (Å²) in [4.78, 5) is 14.0. The molecule has 1 rings (SSSR count). The lowest BCUT2D eigenvalue weighted by molar-refractivity contribution is -0.132. The van der Waals surface area contributed by atoms with Crippen molar-refractivity contribution in [3.8, 4) is 0 Å². The second-order valence-corrected chi connectivity index (χ2v) is 5.13. The number of amides is 1. The third-order valence-corrected chi connectivity index (χ3v) is 3.41. The number of hydrogen-bond donors (Lipinski definition) is 1. The number of carbonyl (C=O) groups is 1. The van der Waals surface area contributed by atoms with Crippen molar-refractivity contribution >= 4 is 5.91 Å². The summed E-state index contributed by atoms with van der Waals surface area (Å²) in [6, 6.07) is 6.48. The number of rotatable bonds is 7. The molecule has 0 fully saturated rings. The van der Waals surface area contributed by atoms with Crippen LogP contribution in [0.5, 0.6) is 0 Å². The Balaban J connectivity index is 2.53. The van der Waals surface area contributed by atoms with Gasteiger partial charge in [0.2, 0.25) is 5.91 Å². The Morgan fingerprint density at radius 3 is 2.50 bits per heavy atom. The van der Waals surface area contributed by atoms with E-state index in [1.165, 1.54) is 12.1 Å². The SMILES string of the molecule is CCN(CC)C(=O)C(C)NC(C)Cc1cccc(F)c1. The number of halogens is 1. The van der Waals surface area contributed by atoms with Crippen molar-refractivity contribution in [1.82, 2.24) is 10.2 Å². The van der Waals surface area contributed by atoms with E-state index in [-0.39, 0.29) is 23.8 Å². The summed E-state index contributed by atoms with van der Waals surface area (Å²) in [5.41, 5.74) is 0.937. The molecule has 0 bridgehead atoms. The normalized spacial score (nSPS) is 13.8. The number of likely N-dealkylation sites (N-methyl/N-ethyl adjacent to an activating group) is 1. The van der Waals surface area contributed by atoms with E-state index < -0.39 is 0 Å². The Hall–Kier alpha value is -1.42. The molecule has 1 amide bonds. The number of benzene rings is 1. The van der Waals surface area contributed by atoms with Gasteiger partial charge in [-0.05, 0) is 51.8 Å². The predicted molar refractivity (Wildman–Crippen MR) is 80.1 cm³/mol. The average molecular weight is 280 g/mol. The van der Waals surface area contributed by atoms with Crippen LogP contribution < -0.4 is 5.32 Å². The van der Waals surface area contributed by atoms with E-state index >= 15 is 0 Å². The number of nitrogens with one attached hydrogen (secondary N) is 1. The zero-order valence-corrected chi connectivity index (χ0v) is 12.8. The van der Waals surface area contributed by atoms with E-state index in [1.807, 2.05) is 38.7 Å². The van der Waals surface area contributed by atoms with Crippen LogP contribution in [0.4, 0.5) is 4.39 Å². The van der Waals surface area contributed by atoms with Gasteiger partial charge in [0.1, 0.15) is 5.82 Å². The van der Waals surface area contributed by atoms with Gasteiger partial charge in [0.15, 0.2) is 0 Å². The van der Waals surface area contributed by atoms with Gasteiger partial charge in [0, 0.05) is 19.1 Å². The highest BCUT2D eigenvalue weighted by Crippen LogP contribution is 2.07. The van der Waals surface area contributed by atoms with E-state index in [4.69, 9.17) is 0 Å². The molecular formula is C16H25FN2O. The Labute approximate surface area is 121 Å². The minimum absolute atomic E-state index is 0.112. The van der Waals surface area contributed by atoms with Crippen molar-refractivity contribution in [2.75, 3.05) is 13.1 Å². The molecule has 1 aromatic rings. The minimum atomic E-state index is -0.224. The monoisotopic (exact) mass is 280 g/mol. The maximum atomic E-state index is 13.1. The minimum Gasteiger partial charge on any atom is -0.342 e. The first kappa shape index (κ1) is 16.6. The van der Waals surface area contributed by atoms with Crippen LogP contribution in [0.3, 0.4) is 0 Å². The quantitative estimate of drug-likeness (QED) is 0.832. The summed E-state index contributed by atoms with van der Waals surface area (Å²) in [5.74, 6) is -0.108. The smallest absolute Gasteiger partial charge is 0.239 e. The molecule has 0 aliphatic heterocycles. The van der Waals surface area contributed by atoms with Crippen molar-refractivity contribution < 1.29 is 9.18 Å². The molecule has 4 heteroatoms. The van der Waals surface area contributed by atoms with Crippen LogP contribution in [-0.2, 0) is 11.2 Å². The lowest BCUT2D eigenvalue weighted by atomic mass is 10.1. The molecule has 3 nitrogen and oxygen atoms in total. The highest BCUT2D eigenvalue weighted by Gasteiger charge is 2.19. The first-order valence-electron chi connectivity index (χ1n) is 7.27. The highest BCUT2D eigenvalue weighted by atomic mass is 19.1. The lowest BCUT2D eigenvalue weighted by Gasteiger charge is -2.26. The summed E-state index contributed by atoms with van der Waals surface area (Å²) in [6.07, 6.45) is 0.702. The standard InChI is InChI=1S/C16H25FN2O/c1-5-19(6-2)16(20)13(4)18-12(3)10-14-8-7-9-15(17)11-14/h7-9,11-13,18H,5-6,10H2,1-4H3. The molecule has 1 aromatic carbocycles. The molecule has 20 heavy (non-hydrogen) atoms. The second kappa shape index (κ2) is 8.00. The Morgan fingerprint density at radius 2 is 1.95 bits per heavy atom. The van der Waals surface area contributed by atoms with Gasteiger partial charge in [-0.3, -0.25) is 4.79 Å². The van der Waals surface area contributed by atoms with Gasteiger partial charge >= 0.3 is 0 Å². The second-order valence-electron chi connectivity index (χ2n) is 5.13. The number of carbonyl (C=O) groups excluding carboxylic acids is 1. The summed E-state index contributed by atoms with van der Waals surface area (Å²) in [7, 11) is 0. The zero-order valence-electron chi connectivity index (χ0n) is 12.8. The Morgan fingerprint density at radius 1 is 1.30 bits per heavy atom. The molecule has 0 saturated heterocycles. The third kappa shape index (κ3) is 4.93. The van der Waals surface area contributed by atoms with Gasteiger partial charge in [-0.15, -0.1) is 0 Å². The molecule has 1 N–H and O–H groups in total. The molecule has 0 aliphatic carbocycles. The third-order valence-electron chi connectivity index (χ3n) is 3.41. The fourth-order valence-electron chi connectivity index (χ4n) is 2.38. The molecule has 0 heterocycles. The highest BCUT2D eigenvalue weighted by molar-refractivity contribution is 5.81. The predicted octanol–water partition coefficient (Wildman–Crippen LogP) is 2.60. The van der Waals surface area contributed by atoms with E-state index in [0.29, 0.717) is 6.42 Å². The van der Waals surface area contributed by atoms with E-state index in [1.54, 1.807) is 6.07 Å². The van der Waals surface area contributed by atoms with Crippen LogP contribution in [-0.4, -0.2) is 36.0 Å². The van der Waals surface area contributed by atoms with Gasteiger partial charge in [-0.1, -0.05) is 12.1 Å². The number of hydrogen-bond acceptors (Lipinski definition) is 2. The van der Waals surface area contributed by atoms with Crippen molar-refractivity contribution in [2.24, 2.45) is 0 Å². The molecule has 2 atom stereocenters. The van der Waals surface area contributed by atoms with Crippen molar-refractivity contribution in [2.45, 2.75) is 46.2 Å².